The number of aryl methyl sites for hydroxylation is 1. The molecule has 30 heavy (non-hydrogen) atoms. The van der Waals surface area contributed by atoms with Crippen LogP contribution in [-0.2, 0) is 20.7 Å². The average Bonchev–Trinajstić information content (AvgIpc) is 3.10. The molecule has 0 unspecified atom stereocenters. The van der Waals surface area contributed by atoms with Gasteiger partial charge in [-0.15, -0.1) is 0 Å². The van der Waals surface area contributed by atoms with Gasteiger partial charge >= 0.3 is 5.97 Å². The van der Waals surface area contributed by atoms with Gasteiger partial charge in [-0.2, -0.15) is 0 Å². The summed E-state index contributed by atoms with van der Waals surface area (Å²) in [5.74, 6) is -0.399. The highest BCUT2D eigenvalue weighted by atomic mass is 19.1. The molecular formula is C22H30FN3O4. The van der Waals surface area contributed by atoms with E-state index in [1.54, 1.807) is 39.0 Å². The number of hydrogen-bond acceptors (Lipinski definition) is 6. The number of ether oxygens (including phenoxy) is 1. The third-order valence-electron chi connectivity index (χ3n) is 4.16. The summed E-state index contributed by atoms with van der Waals surface area (Å²) in [4.78, 5) is 32.5. The second-order valence-corrected chi connectivity index (χ2v) is 8.30. The van der Waals surface area contributed by atoms with Gasteiger partial charge in [0.1, 0.15) is 18.0 Å². The molecule has 0 N–H and O–H groups in total. The minimum absolute atomic E-state index is 0.115. The number of carbonyl (C=O) groups excluding carboxylic acids is 2. The molecule has 1 heterocycles. The summed E-state index contributed by atoms with van der Waals surface area (Å²) in [6, 6.07) is 6.26. The molecule has 8 heteroatoms. The van der Waals surface area contributed by atoms with Crippen molar-refractivity contribution in [2.75, 3.05) is 33.7 Å². The quantitative estimate of drug-likeness (QED) is 0.581. The molecule has 0 aliphatic heterocycles. The number of aromatic nitrogens is 1. The first-order valence-electron chi connectivity index (χ1n) is 9.89. The smallest absolute Gasteiger partial charge is 0.326 e. The molecule has 1 aromatic heterocycles. The fourth-order valence-electron chi connectivity index (χ4n) is 2.73. The van der Waals surface area contributed by atoms with E-state index in [1.807, 2.05) is 19.0 Å². The zero-order valence-corrected chi connectivity index (χ0v) is 18.3. The van der Waals surface area contributed by atoms with Crippen LogP contribution in [0.1, 0.15) is 33.1 Å². The molecule has 7 nitrogen and oxygen atoms in total. The molecule has 1 aromatic carbocycles. The summed E-state index contributed by atoms with van der Waals surface area (Å²) in [5.41, 5.74) is -0.297. The Labute approximate surface area is 176 Å². The van der Waals surface area contributed by atoms with Crippen LogP contribution >= 0.6 is 0 Å². The number of rotatable bonds is 9. The van der Waals surface area contributed by atoms with Gasteiger partial charge in [0.25, 0.3) is 0 Å². The summed E-state index contributed by atoms with van der Waals surface area (Å²) >= 11 is 0. The van der Waals surface area contributed by atoms with Gasteiger partial charge in [0.2, 0.25) is 5.91 Å². The Morgan fingerprint density at radius 2 is 1.87 bits per heavy atom. The maximum absolute atomic E-state index is 13.9. The van der Waals surface area contributed by atoms with Gasteiger partial charge in [-0.05, 0) is 47.0 Å². The lowest BCUT2D eigenvalue weighted by molar-refractivity contribution is -0.159. The Hall–Kier alpha value is -2.74. The van der Waals surface area contributed by atoms with Gasteiger partial charge in [-0.1, -0.05) is 12.1 Å². The molecule has 1 amide bonds. The van der Waals surface area contributed by atoms with Crippen LogP contribution in [0.5, 0.6) is 0 Å². The van der Waals surface area contributed by atoms with Crippen molar-refractivity contribution in [3.05, 3.63) is 42.2 Å². The summed E-state index contributed by atoms with van der Waals surface area (Å²) in [6.45, 7) is 6.25. The Morgan fingerprint density at radius 1 is 1.17 bits per heavy atom. The van der Waals surface area contributed by atoms with Gasteiger partial charge in [-0.3, -0.25) is 9.59 Å². The van der Waals surface area contributed by atoms with E-state index in [0.29, 0.717) is 30.3 Å². The second kappa shape index (κ2) is 10.3. The van der Waals surface area contributed by atoms with Crippen LogP contribution in [-0.4, -0.2) is 66.0 Å². The fourth-order valence-corrected chi connectivity index (χ4v) is 2.73. The van der Waals surface area contributed by atoms with E-state index in [1.165, 1.54) is 17.2 Å². The maximum atomic E-state index is 13.9. The molecule has 2 aromatic rings. The van der Waals surface area contributed by atoms with Crippen LogP contribution in [0.3, 0.4) is 0 Å². The highest BCUT2D eigenvalue weighted by Crippen LogP contribution is 2.23. The number of oxazole rings is 1. The molecular weight excluding hydrogens is 389 g/mol. The van der Waals surface area contributed by atoms with E-state index in [0.717, 1.165) is 0 Å². The van der Waals surface area contributed by atoms with Crippen molar-refractivity contribution in [3.8, 4) is 11.3 Å². The molecule has 0 spiro atoms. The van der Waals surface area contributed by atoms with E-state index >= 15 is 0 Å². The van der Waals surface area contributed by atoms with Gasteiger partial charge in [0, 0.05) is 25.9 Å². The predicted octanol–water partition coefficient (Wildman–Crippen LogP) is 3.15. The minimum atomic E-state index is -0.617. The van der Waals surface area contributed by atoms with Crippen LogP contribution in [0.4, 0.5) is 4.39 Å². The van der Waals surface area contributed by atoms with E-state index in [9.17, 15) is 14.0 Å². The van der Waals surface area contributed by atoms with Crippen LogP contribution in [0.2, 0.25) is 0 Å². The number of amides is 1. The maximum Gasteiger partial charge on any atom is 0.326 e. The van der Waals surface area contributed by atoms with Gasteiger partial charge in [-0.25, -0.2) is 9.37 Å². The Morgan fingerprint density at radius 3 is 2.50 bits per heavy atom. The van der Waals surface area contributed by atoms with E-state index < -0.39 is 17.4 Å². The zero-order chi connectivity index (χ0) is 22.3. The van der Waals surface area contributed by atoms with Crippen LogP contribution < -0.4 is 0 Å². The molecule has 0 saturated heterocycles. The Bertz CT molecular complexity index is 858. The Balaban J connectivity index is 1.99. The minimum Gasteiger partial charge on any atom is -0.459 e. The van der Waals surface area contributed by atoms with Gasteiger partial charge in [0.05, 0.1) is 11.8 Å². The van der Waals surface area contributed by atoms with Crippen molar-refractivity contribution in [3.63, 3.8) is 0 Å². The largest absolute Gasteiger partial charge is 0.459 e. The SMILES string of the molecule is CN(C)CCN(CC(=O)OC(C)(C)C)C(=O)CCc1ncc(-c2ccccc2F)o1. The number of carbonyl (C=O) groups is 2. The molecule has 0 aliphatic carbocycles. The van der Waals surface area contributed by atoms with E-state index in [2.05, 4.69) is 4.98 Å². The van der Waals surface area contributed by atoms with E-state index in [-0.39, 0.29) is 25.3 Å². The highest BCUT2D eigenvalue weighted by molar-refractivity contribution is 5.82. The third-order valence-corrected chi connectivity index (χ3v) is 4.16. The predicted molar refractivity (Wildman–Crippen MR) is 111 cm³/mol. The molecule has 0 fully saturated rings. The van der Waals surface area contributed by atoms with Crippen molar-refractivity contribution >= 4 is 11.9 Å². The molecule has 0 atom stereocenters. The van der Waals surface area contributed by atoms with Gasteiger partial charge in [0.15, 0.2) is 11.7 Å². The lowest BCUT2D eigenvalue weighted by Crippen LogP contribution is -2.42. The number of hydrogen-bond donors (Lipinski definition) is 0. The van der Waals surface area contributed by atoms with E-state index in [4.69, 9.17) is 9.15 Å². The standard InChI is InChI=1S/C22H30FN3O4/c1-22(2,3)30-21(28)15-26(13-12-25(4)5)20(27)11-10-19-24-14-18(29-19)16-8-6-7-9-17(16)23/h6-9,14H,10-13,15H2,1-5H3. The molecule has 0 aliphatic rings. The van der Waals surface area contributed by atoms with Crippen LogP contribution in [0.15, 0.2) is 34.9 Å². The molecule has 2 rings (SSSR count). The number of likely N-dealkylation sites (N-methyl/N-ethyl adjacent to an activating group) is 1. The fraction of sp³-hybridized carbons (Fsp3) is 0.500. The summed E-state index contributed by atoms with van der Waals surface area (Å²) in [5, 5.41) is 0. The molecule has 0 bridgehead atoms. The van der Waals surface area contributed by atoms with Crippen molar-refractivity contribution < 1.29 is 23.1 Å². The molecule has 0 radical (unpaired) electrons. The van der Waals surface area contributed by atoms with Crippen molar-refractivity contribution in [1.82, 2.24) is 14.8 Å². The van der Waals surface area contributed by atoms with Crippen LogP contribution in [0, 0.1) is 5.82 Å². The summed E-state index contributed by atoms with van der Waals surface area (Å²) in [7, 11) is 3.79. The first kappa shape index (κ1) is 23.5. The number of halogens is 1. The topological polar surface area (TPSA) is 75.9 Å². The second-order valence-electron chi connectivity index (χ2n) is 8.30. The summed E-state index contributed by atoms with van der Waals surface area (Å²) in [6.07, 6.45) is 1.82. The van der Waals surface area contributed by atoms with Crippen LogP contribution in [0.25, 0.3) is 11.3 Å². The van der Waals surface area contributed by atoms with Crippen molar-refractivity contribution in [2.45, 2.75) is 39.2 Å². The number of nitrogens with zero attached hydrogens (tertiary/aromatic N) is 3. The monoisotopic (exact) mass is 419 g/mol. The lowest BCUT2D eigenvalue weighted by atomic mass is 10.2. The normalized spacial score (nSPS) is 11.6. The zero-order valence-electron chi connectivity index (χ0n) is 18.3. The first-order chi connectivity index (χ1) is 14.0. The third kappa shape index (κ3) is 7.59. The molecule has 0 saturated carbocycles. The highest BCUT2D eigenvalue weighted by Gasteiger charge is 2.22. The lowest BCUT2D eigenvalue weighted by Gasteiger charge is -2.26. The van der Waals surface area contributed by atoms with Crippen molar-refractivity contribution in [2.24, 2.45) is 0 Å². The number of benzene rings is 1. The average molecular weight is 419 g/mol. The molecule has 164 valence electrons. The first-order valence-corrected chi connectivity index (χ1v) is 9.89. The van der Waals surface area contributed by atoms with Crippen molar-refractivity contribution in [1.29, 1.82) is 0 Å². The Kier molecular flexibility index (Phi) is 8.11. The summed E-state index contributed by atoms with van der Waals surface area (Å²) < 4.78 is 24.8. The van der Waals surface area contributed by atoms with Gasteiger partial charge < -0.3 is 19.0 Å². The number of esters is 1.